The molecule has 1 amide bonds. The minimum absolute atomic E-state index is 0.0231. The van der Waals surface area contributed by atoms with E-state index in [1.165, 1.54) is 22.9 Å². The molecule has 1 heterocycles. The summed E-state index contributed by atoms with van der Waals surface area (Å²) in [5.74, 6) is -3.33. The standard InChI is InChI=1S/C27H34ClF4N3O4.O2S/c1-3-35-22(20(28)21(34-35)23(36)33-15-25(37)8-6-16(2)7-9-25)18-5-4-17(14-19(18)39-24(29)30)26(38)10-12-27(31,32)13-11-26;1-3-2/h4-5,14,16,24,37-38H,3,6-13,15H2,1-2H3,(H,33,36);. The van der Waals surface area contributed by atoms with E-state index in [0.29, 0.717) is 18.8 Å². The Kier molecular flexibility index (Phi) is 11.2. The number of carbonyl (C=O) groups excluding carboxylic acids is 1. The number of hydrogen-bond donors (Lipinski definition) is 3. The fourth-order valence-corrected chi connectivity index (χ4v) is 5.72. The van der Waals surface area contributed by atoms with Gasteiger partial charge in [-0.3, -0.25) is 9.48 Å². The van der Waals surface area contributed by atoms with Gasteiger partial charge in [-0.05, 0) is 69.1 Å². The number of benzene rings is 1. The number of alkyl halides is 4. The second-order valence-corrected chi connectivity index (χ2v) is 11.5. The van der Waals surface area contributed by atoms with Crippen LogP contribution < -0.4 is 10.1 Å². The number of aromatic nitrogens is 2. The number of carbonyl (C=O) groups is 1. The Balaban J connectivity index is 0.00000155. The summed E-state index contributed by atoms with van der Waals surface area (Å²) in [6.45, 7) is 0.883. The first-order chi connectivity index (χ1) is 19.7. The van der Waals surface area contributed by atoms with E-state index in [-0.39, 0.29) is 59.2 Å². The number of hydrogen-bond acceptors (Lipinski definition) is 7. The third-order valence-corrected chi connectivity index (χ3v) is 8.35. The van der Waals surface area contributed by atoms with Crippen molar-refractivity contribution in [1.82, 2.24) is 15.1 Å². The van der Waals surface area contributed by atoms with Crippen LogP contribution in [0.15, 0.2) is 18.2 Å². The van der Waals surface area contributed by atoms with E-state index < -0.39 is 54.1 Å². The van der Waals surface area contributed by atoms with Crippen LogP contribution in [0.25, 0.3) is 11.3 Å². The van der Waals surface area contributed by atoms with Crippen LogP contribution in [0.2, 0.25) is 5.02 Å². The summed E-state index contributed by atoms with van der Waals surface area (Å²) in [6, 6.07) is 4.06. The molecule has 234 valence electrons. The zero-order valence-corrected chi connectivity index (χ0v) is 24.8. The quantitative estimate of drug-likeness (QED) is 0.338. The molecule has 15 heteroatoms. The summed E-state index contributed by atoms with van der Waals surface area (Å²) < 4.78 is 76.9. The van der Waals surface area contributed by atoms with Crippen molar-refractivity contribution in [3.8, 4) is 17.0 Å². The van der Waals surface area contributed by atoms with Crippen molar-refractivity contribution in [1.29, 1.82) is 0 Å². The molecule has 2 aromatic rings. The van der Waals surface area contributed by atoms with Crippen LogP contribution in [-0.2, 0) is 23.7 Å². The second-order valence-electron chi connectivity index (χ2n) is 11.0. The van der Waals surface area contributed by atoms with Crippen LogP contribution in [-0.4, -0.2) is 59.0 Å². The lowest BCUT2D eigenvalue weighted by molar-refractivity contribution is -0.107. The summed E-state index contributed by atoms with van der Waals surface area (Å²) in [4.78, 5) is 13.0. The third kappa shape index (κ3) is 8.08. The van der Waals surface area contributed by atoms with E-state index in [1.807, 2.05) is 0 Å². The minimum Gasteiger partial charge on any atom is -0.434 e. The molecule has 0 saturated heterocycles. The van der Waals surface area contributed by atoms with Crippen molar-refractivity contribution >= 4 is 29.1 Å². The van der Waals surface area contributed by atoms with Gasteiger partial charge in [0.05, 0.1) is 21.9 Å². The molecule has 3 N–H and O–H groups in total. The van der Waals surface area contributed by atoms with Gasteiger partial charge in [-0.1, -0.05) is 24.6 Å². The summed E-state index contributed by atoms with van der Waals surface area (Å²) in [5.41, 5.74) is -2.37. The van der Waals surface area contributed by atoms with Gasteiger partial charge >= 0.3 is 18.2 Å². The molecule has 0 unspecified atom stereocenters. The lowest BCUT2D eigenvalue weighted by Gasteiger charge is -2.36. The topological polar surface area (TPSA) is 131 Å². The van der Waals surface area contributed by atoms with E-state index in [0.717, 1.165) is 12.8 Å². The molecule has 9 nitrogen and oxygen atoms in total. The molecule has 0 atom stereocenters. The molecule has 1 aromatic heterocycles. The van der Waals surface area contributed by atoms with Crippen LogP contribution in [0, 0.1) is 5.92 Å². The SMILES string of the molecule is CCn1nc(C(=O)NCC2(O)CCC(C)CC2)c(Cl)c1-c1ccc(C2(O)CCC(F)(F)CC2)cc1OC(F)F.O=S=O. The molecule has 2 aliphatic rings. The number of rotatable bonds is 8. The van der Waals surface area contributed by atoms with Crippen molar-refractivity contribution in [3.63, 3.8) is 0 Å². The molecule has 42 heavy (non-hydrogen) atoms. The molecular weight excluding hydrogens is 606 g/mol. The highest BCUT2D eigenvalue weighted by molar-refractivity contribution is 7.51. The van der Waals surface area contributed by atoms with Crippen LogP contribution in [0.4, 0.5) is 17.6 Å². The first-order valence-corrected chi connectivity index (χ1v) is 14.6. The van der Waals surface area contributed by atoms with Gasteiger partial charge in [-0.15, -0.1) is 0 Å². The van der Waals surface area contributed by atoms with Gasteiger partial charge in [0, 0.05) is 31.5 Å². The highest BCUT2D eigenvalue weighted by atomic mass is 35.5. The fraction of sp³-hybridized carbons (Fsp3) is 0.630. The molecule has 0 spiro atoms. The second kappa shape index (κ2) is 13.8. The van der Waals surface area contributed by atoms with Gasteiger partial charge in [0.1, 0.15) is 5.75 Å². The van der Waals surface area contributed by atoms with Gasteiger partial charge < -0.3 is 20.3 Å². The maximum atomic E-state index is 13.7. The van der Waals surface area contributed by atoms with E-state index in [2.05, 4.69) is 17.3 Å². The van der Waals surface area contributed by atoms with Crippen LogP contribution >= 0.6 is 11.6 Å². The maximum absolute atomic E-state index is 13.7. The van der Waals surface area contributed by atoms with Crippen LogP contribution in [0.3, 0.4) is 0 Å². The number of nitrogens with zero attached hydrogens (tertiary/aromatic N) is 2. The molecule has 0 bridgehead atoms. The number of ether oxygens (including phenoxy) is 1. The number of aryl methyl sites for hydroxylation is 1. The van der Waals surface area contributed by atoms with Crippen molar-refractivity contribution in [2.24, 2.45) is 5.92 Å². The maximum Gasteiger partial charge on any atom is 0.387 e. The predicted molar refractivity (Wildman–Crippen MR) is 146 cm³/mol. The van der Waals surface area contributed by atoms with Crippen LogP contribution in [0.5, 0.6) is 5.75 Å². The smallest absolute Gasteiger partial charge is 0.387 e. The van der Waals surface area contributed by atoms with E-state index in [4.69, 9.17) is 24.8 Å². The molecule has 2 aliphatic carbocycles. The average molecular weight is 640 g/mol. The lowest BCUT2D eigenvalue weighted by atomic mass is 9.78. The van der Waals surface area contributed by atoms with Gasteiger partial charge in [0.2, 0.25) is 5.92 Å². The Morgan fingerprint density at radius 3 is 2.31 bits per heavy atom. The Morgan fingerprint density at radius 1 is 1.17 bits per heavy atom. The Morgan fingerprint density at radius 2 is 1.76 bits per heavy atom. The zero-order chi connectivity index (χ0) is 31.3. The van der Waals surface area contributed by atoms with Crippen molar-refractivity contribution < 1.29 is 45.7 Å². The lowest BCUT2D eigenvalue weighted by Crippen LogP contribution is -2.45. The molecular formula is C27H34ClF4N3O6S. The van der Waals surface area contributed by atoms with Crippen molar-refractivity contribution in [3.05, 3.63) is 34.5 Å². The highest BCUT2D eigenvalue weighted by Crippen LogP contribution is 2.46. The van der Waals surface area contributed by atoms with Gasteiger partial charge in [0.15, 0.2) is 5.69 Å². The molecule has 2 saturated carbocycles. The Hall–Kier alpha value is -2.55. The number of aliphatic hydroxyl groups is 2. The van der Waals surface area contributed by atoms with Gasteiger partial charge in [0.25, 0.3) is 5.91 Å². The molecule has 1 aromatic carbocycles. The molecule has 0 radical (unpaired) electrons. The fourth-order valence-electron chi connectivity index (χ4n) is 5.39. The normalized spacial score (nSPS) is 23.0. The predicted octanol–water partition coefficient (Wildman–Crippen LogP) is 5.22. The van der Waals surface area contributed by atoms with E-state index in [9.17, 15) is 32.6 Å². The first kappa shape index (κ1) is 33.9. The first-order valence-electron chi connectivity index (χ1n) is 13.6. The number of halogens is 5. The van der Waals surface area contributed by atoms with Gasteiger partial charge in [-0.2, -0.15) is 22.3 Å². The Bertz CT molecular complexity index is 1290. The molecule has 0 aliphatic heterocycles. The monoisotopic (exact) mass is 639 g/mol. The third-order valence-electron chi connectivity index (χ3n) is 7.99. The number of amides is 1. The van der Waals surface area contributed by atoms with Crippen molar-refractivity contribution in [2.75, 3.05) is 6.54 Å². The minimum atomic E-state index is -3.22. The number of nitrogens with one attached hydrogen (secondary N) is 1. The Labute approximate surface area is 249 Å². The summed E-state index contributed by atoms with van der Waals surface area (Å²) in [7, 11) is 0. The zero-order valence-electron chi connectivity index (χ0n) is 23.2. The van der Waals surface area contributed by atoms with Crippen molar-refractivity contribution in [2.45, 2.75) is 95.5 Å². The summed E-state index contributed by atoms with van der Waals surface area (Å²) in [6.07, 6.45) is 1.27. The van der Waals surface area contributed by atoms with E-state index in [1.54, 1.807) is 6.92 Å². The molecule has 2 fully saturated rings. The average Bonchev–Trinajstić information content (AvgIpc) is 3.27. The highest BCUT2D eigenvalue weighted by Gasteiger charge is 2.43. The van der Waals surface area contributed by atoms with Gasteiger partial charge in [-0.25, -0.2) is 8.78 Å². The summed E-state index contributed by atoms with van der Waals surface area (Å²) >= 11 is 5.84. The molecule has 4 rings (SSSR count). The summed E-state index contributed by atoms with van der Waals surface area (Å²) in [5, 5.41) is 28.7. The van der Waals surface area contributed by atoms with E-state index >= 15 is 0 Å². The largest absolute Gasteiger partial charge is 0.434 e. The van der Waals surface area contributed by atoms with Crippen LogP contribution in [0.1, 0.15) is 81.3 Å².